The van der Waals surface area contributed by atoms with E-state index in [1.807, 2.05) is 19.9 Å². The summed E-state index contributed by atoms with van der Waals surface area (Å²) in [6, 6.07) is 9.40. The topological polar surface area (TPSA) is 91.8 Å². The van der Waals surface area contributed by atoms with Gasteiger partial charge in [0.1, 0.15) is 11.9 Å². The number of hydrogen-bond acceptors (Lipinski definition) is 6. The molecule has 2 aliphatic rings. The number of amides is 3. The second kappa shape index (κ2) is 8.85. The zero-order valence-corrected chi connectivity index (χ0v) is 17.7. The number of anilines is 2. The molecule has 0 radical (unpaired) electrons. The van der Waals surface area contributed by atoms with Crippen LogP contribution in [0.4, 0.5) is 11.5 Å². The highest BCUT2D eigenvalue weighted by Gasteiger charge is 2.44. The second-order valence-corrected chi connectivity index (χ2v) is 7.85. The van der Waals surface area contributed by atoms with Gasteiger partial charge in [0, 0.05) is 13.1 Å². The van der Waals surface area contributed by atoms with Crippen LogP contribution < -0.4 is 10.2 Å². The summed E-state index contributed by atoms with van der Waals surface area (Å²) in [5.41, 5.74) is 1.20. The molecule has 0 aliphatic carbocycles. The van der Waals surface area contributed by atoms with Gasteiger partial charge in [0.25, 0.3) is 11.8 Å². The summed E-state index contributed by atoms with van der Waals surface area (Å²) in [4.78, 5) is 46.8. The molecular formula is C23H26N4O4. The van der Waals surface area contributed by atoms with Gasteiger partial charge in [-0.2, -0.15) is 0 Å². The molecule has 1 aromatic carbocycles. The summed E-state index contributed by atoms with van der Waals surface area (Å²) in [7, 11) is 0. The van der Waals surface area contributed by atoms with Crippen LogP contribution >= 0.6 is 0 Å². The molecule has 3 amide bonds. The first-order chi connectivity index (χ1) is 15.0. The average Bonchev–Trinajstić information content (AvgIpc) is 3.05. The quantitative estimate of drug-likeness (QED) is 0.720. The zero-order valence-electron chi connectivity index (χ0n) is 17.7. The Morgan fingerprint density at radius 1 is 1.10 bits per heavy atom. The number of nitrogens with zero attached hydrogens (tertiary/aromatic N) is 3. The Hall–Kier alpha value is -3.26. The van der Waals surface area contributed by atoms with E-state index in [0.717, 1.165) is 23.8 Å². The molecule has 2 aliphatic heterocycles. The number of carbonyl (C=O) groups excluding carboxylic acids is 3. The number of hydrogen-bond donors (Lipinski definition) is 1. The molecule has 8 heteroatoms. The highest BCUT2D eigenvalue weighted by molar-refractivity contribution is 6.23. The Labute approximate surface area is 181 Å². The van der Waals surface area contributed by atoms with Gasteiger partial charge >= 0.3 is 0 Å². The van der Waals surface area contributed by atoms with E-state index in [1.54, 1.807) is 36.5 Å². The van der Waals surface area contributed by atoms with Crippen molar-refractivity contribution in [1.82, 2.24) is 9.88 Å². The third kappa shape index (κ3) is 4.03. The molecule has 1 saturated heterocycles. The summed E-state index contributed by atoms with van der Waals surface area (Å²) in [6.07, 6.45) is 2.23. The molecule has 1 N–H and O–H groups in total. The maximum atomic E-state index is 13.2. The molecule has 31 heavy (non-hydrogen) atoms. The molecule has 0 unspecified atom stereocenters. The van der Waals surface area contributed by atoms with E-state index in [-0.39, 0.29) is 5.92 Å². The van der Waals surface area contributed by atoms with Crippen molar-refractivity contribution in [3.63, 3.8) is 0 Å². The van der Waals surface area contributed by atoms with Gasteiger partial charge in [0.05, 0.1) is 36.2 Å². The number of aromatic nitrogens is 1. The molecule has 0 bridgehead atoms. The van der Waals surface area contributed by atoms with E-state index in [1.165, 1.54) is 0 Å². The second-order valence-electron chi connectivity index (χ2n) is 7.85. The van der Waals surface area contributed by atoms with Gasteiger partial charge in [-0.15, -0.1) is 0 Å². The largest absolute Gasteiger partial charge is 0.378 e. The van der Waals surface area contributed by atoms with Crippen LogP contribution in [0.3, 0.4) is 0 Å². The van der Waals surface area contributed by atoms with Crippen molar-refractivity contribution in [1.29, 1.82) is 0 Å². The highest BCUT2D eigenvalue weighted by atomic mass is 16.5. The van der Waals surface area contributed by atoms with Crippen molar-refractivity contribution < 1.29 is 19.1 Å². The number of rotatable bonds is 6. The average molecular weight is 422 g/mol. The van der Waals surface area contributed by atoms with Gasteiger partial charge in [0.15, 0.2) is 0 Å². The number of imide groups is 1. The summed E-state index contributed by atoms with van der Waals surface area (Å²) in [6.45, 7) is 6.67. The predicted octanol–water partition coefficient (Wildman–Crippen LogP) is 2.57. The minimum absolute atomic E-state index is 0.206. The van der Waals surface area contributed by atoms with Crippen LogP contribution in [0.5, 0.6) is 0 Å². The van der Waals surface area contributed by atoms with Crippen LogP contribution in [0, 0.1) is 5.92 Å². The van der Waals surface area contributed by atoms with Crippen molar-refractivity contribution in [2.24, 2.45) is 5.92 Å². The molecule has 1 fully saturated rings. The smallest absolute Gasteiger partial charge is 0.262 e. The minimum Gasteiger partial charge on any atom is -0.378 e. The maximum Gasteiger partial charge on any atom is 0.262 e. The van der Waals surface area contributed by atoms with Gasteiger partial charge in [-0.3, -0.25) is 19.3 Å². The van der Waals surface area contributed by atoms with E-state index in [4.69, 9.17) is 4.74 Å². The van der Waals surface area contributed by atoms with E-state index >= 15 is 0 Å². The molecule has 1 aromatic heterocycles. The predicted molar refractivity (Wildman–Crippen MR) is 116 cm³/mol. The van der Waals surface area contributed by atoms with Crippen molar-refractivity contribution in [3.8, 4) is 0 Å². The lowest BCUT2D eigenvalue weighted by atomic mass is 9.96. The zero-order chi connectivity index (χ0) is 22.0. The van der Waals surface area contributed by atoms with Crippen molar-refractivity contribution >= 4 is 29.2 Å². The Kier molecular flexibility index (Phi) is 5.99. The normalized spacial score (nSPS) is 18.0. The van der Waals surface area contributed by atoms with E-state index in [9.17, 15) is 14.4 Å². The molecule has 8 nitrogen and oxygen atoms in total. The number of morpholine rings is 1. The first-order valence-corrected chi connectivity index (χ1v) is 10.6. The molecule has 2 atom stereocenters. The lowest BCUT2D eigenvalue weighted by Gasteiger charge is -2.30. The molecule has 0 spiro atoms. The van der Waals surface area contributed by atoms with Gasteiger partial charge < -0.3 is 15.0 Å². The SMILES string of the molecule is CC[C@H](C)[C@@H](C(=O)Nc1ccc(N2CCOCC2)nc1)N1C(=O)c2ccccc2C1=O. The lowest BCUT2D eigenvalue weighted by molar-refractivity contribution is -0.121. The van der Waals surface area contributed by atoms with Crippen LogP contribution in [-0.2, 0) is 9.53 Å². The summed E-state index contributed by atoms with van der Waals surface area (Å²) in [5.74, 6) is -0.642. The Bertz CT molecular complexity index is 950. The number of nitrogens with one attached hydrogen (secondary N) is 1. The highest BCUT2D eigenvalue weighted by Crippen LogP contribution is 2.29. The number of pyridine rings is 1. The Balaban J connectivity index is 1.53. The number of fused-ring (bicyclic) bond motifs is 1. The summed E-state index contributed by atoms with van der Waals surface area (Å²) in [5, 5.41) is 2.84. The standard InChI is InChI=1S/C23H26N4O4/c1-3-15(2)20(27-22(29)17-6-4-5-7-18(17)23(27)30)21(28)25-16-8-9-19(24-14-16)26-10-12-31-13-11-26/h4-9,14-15,20H,3,10-13H2,1-2H3,(H,25,28)/t15-,20-/m0/s1. The van der Waals surface area contributed by atoms with Crippen LogP contribution in [0.15, 0.2) is 42.6 Å². The first-order valence-electron chi connectivity index (χ1n) is 10.6. The van der Waals surface area contributed by atoms with Crippen LogP contribution in [-0.4, -0.2) is 60.0 Å². The van der Waals surface area contributed by atoms with Crippen LogP contribution in [0.1, 0.15) is 41.0 Å². The Morgan fingerprint density at radius 2 is 1.74 bits per heavy atom. The Morgan fingerprint density at radius 3 is 2.29 bits per heavy atom. The summed E-state index contributed by atoms with van der Waals surface area (Å²) >= 11 is 0. The first kappa shape index (κ1) is 21.0. The number of carbonyl (C=O) groups is 3. The molecular weight excluding hydrogens is 396 g/mol. The molecule has 162 valence electrons. The van der Waals surface area contributed by atoms with E-state index < -0.39 is 23.8 Å². The fraction of sp³-hybridized carbons (Fsp3) is 0.391. The van der Waals surface area contributed by atoms with Crippen molar-refractivity contribution in [2.75, 3.05) is 36.5 Å². The third-order valence-electron chi connectivity index (χ3n) is 5.91. The van der Waals surface area contributed by atoms with Crippen molar-refractivity contribution in [3.05, 3.63) is 53.7 Å². The fourth-order valence-electron chi connectivity index (χ4n) is 3.97. The van der Waals surface area contributed by atoms with Crippen LogP contribution in [0.2, 0.25) is 0 Å². The molecule has 4 rings (SSSR count). The number of ether oxygens (including phenoxy) is 1. The minimum atomic E-state index is -0.906. The lowest BCUT2D eigenvalue weighted by Crippen LogP contribution is -2.50. The van der Waals surface area contributed by atoms with Gasteiger partial charge in [-0.05, 0) is 30.2 Å². The van der Waals surface area contributed by atoms with Gasteiger partial charge in [-0.25, -0.2) is 4.98 Å². The third-order valence-corrected chi connectivity index (χ3v) is 5.91. The number of benzene rings is 1. The summed E-state index contributed by atoms with van der Waals surface area (Å²) < 4.78 is 5.36. The van der Waals surface area contributed by atoms with E-state index in [0.29, 0.717) is 36.4 Å². The molecule has 2 aromatic rings. The molecule has 3 heterocycles. The van der Waals surface area contributed by atoms with Crippen LogP contribution in [0.25, 0.3) is 0 Å². The van der Waals surface area contributed by atoms with E-state index in [2.05, 4.69) is 15.2 Å². The van der Waals surface area contributed by atoms with Gasteiger partial charge in [0.2, 0.25) is 5.91 Å². The maximum absolute atomic E-state index is 13.2. The van der Waals surface area contributed by atoms with Gasteiger partial charge in [-0.1, -0.05) is 32.4 Å². The molecule has 0 saturated carbocycles. The fourth-order valence-corrected chi connectivity index (χ4v) is 3.97. The monoisotopic (exact) mass is 422 g/mol. The van der Waals surface area contributed by atoms with Crippen molar-refractivity contribution in [2.45, 2.75) is 26.3 Å².